The Bertz CT molecular complexity index is 790. The van der Waals surface area contributed by atoms with Crippen molar-refractivity contribution in [2.24, 2.45) is 0 Å². The lowest BCUT2D eigenvalue weighted by atomic mass is 10.0. The summed E-state index contributed by atoms with van der Waals surface area (Å²) >= 11 is 0. The molecule has 0 atom stereocenters. The number of hydrogen-bond donors (Lipinski definition) is 2. The average Bonchev–Trinajstić information content (AvgIpc) is 2.97. The van der Waals surface area contributed by atoms with E-state index in [1.807, 2.05) is 0 Å². The molecule has 0 aliphatic rings. The van der Waals surface area contributed by atoms with Gasteiger partial charge in [-0.05, 0) is 36.6 Å². The van der Waals surface area contributed by atoms with Gasteiger partial charge in [0.25, 0.3) is 18.8 Å². The Balaban J connectivity index is 2.30. The first-order chi connectivity index (χ1) is 12.3. The van der Waals surface area contributed by atoms with Gasteiger partial charge in [0.05, 0.1) is 0 Å². The second-order valence-electron chi connectivity index (χ2n) is 5.59. The van der Waals surface area contributed by atoms with Gasteiger partial charge in [-0.3, -0.25) is 9.59 Å². The monoisotopic (exact) mass is 374 g/mol. The van der Waals surface area contributed by atoms with E-state index < -0.39 is 31.1 Å². The zero-order valence-corrected chi connectivity index (χ0v) is 14.0. The van der Waals surface area contributed by atoms with Crippen LogP contribution in [0.4, 0.5) is 17.6 Å². The van der Waals surface area contributed by atoms with Crippen LogP contribution in [0, 0.1) is 0 Å². The SMILES string of the molecule is CNC(=O)c1[nH]c2ccc(OCC(F)F)cc2c1CCCC(=O)C(F)F. The van der Waals surface area contributed by atoms with Crippen LogP contribution < -0.4 is 10.1 Å². The van der Waals surface area contributed by atoms with Crippen molar-refractivity contribution in [3.05, 3.63) is 29.5 Å². The lowest BCUT2D eigenvalue weighted by molar-refractivity contribution is -0.129. The second-order valence-corrected chi connectivity index (χ2v) is 5.59. The van der Waals surface area contributed by atoms with Gasteiger partial charge in [-0.25, -0.2) is 17.6 Å². The summed E-state index contributed by atoms with van der Waals surface area (Å²) in [6, 6.07) is 4.57. The quantitative estimate of drug-likeness (QED) is 0.662. The van der Waals surface area contributed by atoms with Gasteiger partial charge in [0.1, 0.15) is 18.1 Å². The maximum absolute atomic E-state index is 12.3. The Morgan fingerprint density at radius 1 is 1.23 bits per heavy atom. The van der Waals surface area contributed by atoms with Crippen LogP contribution in [0.2, 0.25) is 0 Å². The van der Waals surface area contributed by atoms with E-state index in [0.717, 1.165) is 0 Å². The summed E-state index contributed by atoms with van der Waals surface area (Å²) in [7, 11) is 1.44. The van der Waals surface area contributed by atoms with Crippen LogP contribution in [0.5, 0.6) is 5.75 Å². The van der Waals surface area contributed by atoms with Crippen LogP contribution in [-0.4, -0.2) is 43.2 Å². The summed E-state index contributed by atoms with van der Waals surface area (Å²) in [5.41, 5.74) is 1.32. The first-order valence-corrected chi connectivity index (χ1v) is 7.92. The topological polar surface area (TPSA) is 71.2 Å². The Morgan fingerprint density at radius 2 is 1.96 bits per heavy atom. The van der Waals surface area contributed by atoms with Crippen molar-refractivity contribution < 1.29 is 31.9 Å². The average molecular weight is 374 g/mol. The van der Waals surface area contributed by atoms with Crippen molar-refractivity contribution in [2.75, 3.05) is 13.7 Å². The highest BCUT2D eigenvalue weighted by Gasteiger charge is 2.19. The number of amides is 1. The van der Waals surface area contributed by atoms with Crippen molar-refractivity contribution in [1.29, 1.82) is 0 Å². The molecule has 1 aromatic carbocycles. The largest absolute Gasteiger partial charge is 0.488 e. The number of fused-ring (bicyclic) bond motifs is 1. The van der Waals surface area contributed by atoms with Gasteiger partial charge in [0, 0.05) is 24.4 Å². The first kappa shape index (κ1) is 19.7. The molecule has 0 bridgehead atoms. The molecule has 0 saturated carbocycles. The number of halogens is 4. The molecule has 0 aliphatic carbocycles. The van der Waals surface area contributed by atoms with Crippen LogP contribution in [-0.2, 0) is 11.2 Å². The lowest BCUT2D eigenvalue weighted by Gasteiger charge is -2.07. The fourth-order valence-corrected chi connectivity index (χ4v) is 2.60. The number of alkyl halides is 4. The number of carbonyl (C=O) groups is 2. The lowest BCUT2D eigenvalue weighted by Crippen LogP contribution is -2.19. The molecule has 2 aromatic rings. The van der Waals surface area contributed by atoms with Crippen molar-refractivity contribution >= 4 is 22.6 Å². The predicted octanol–water partition coefficient (Wildman–Crippen LogP) is 3.33. The molecule has 1 heterocycles. The van der Waals surface area contributed by atoms with Gasteiger partial charge in [-0.2, -0.15) is 0 Å². The van der Waals surface area contributed by atoms with E-state index in [0.29, 0.717) is 16.5 Å². The summed E-state index contributed by atoms with van der Waals surface area (Å²) in [6.07, 6.45) is -5.65. The fraction of sp³-hybridized carbons (Fsp3) is 0.412. The third-order valence-corrected chi connectivity index (χ3v) is 3.80. The smallest absolute Gasteiger partial charge is 0.295 e. The molecular weight excluding hydrogens is 356 g/mol. The number of aromatic nitrogens is 1. The molecule has 0 unspecified atom stereocenters. The molecule has 0 radical (unpaired) electrons. The number of hydrogen-bond acceptors (Lipinski definition) is 3. The number of aromatic amines is 1. The Morgan fingerprint density at radius 3 is 2.58 bits per heavy atom. The van der Waals surface area contributed by atoms with E-state index >= 15 is 0 Å². The van der Waals surface area contributed by atoms with E-state index in [-0.39, 0.29) is 30.7 Å². The molecule has 1 amide bonds. The molecule has 5 nitrogen and oxygen atoms in total. The molecule has 0 fully saturated rings. The van der Waals surface area contributed by atoms with E-state index in [4.69, 9.17) is 4.74 Å². The zero-order chi connectivity index (χ0) is 19.3. The van der Waals surface area contributed by atoms with Crippen LogP contribution in [0.15, 0.2) is 18.2 Å². The van der Waals surface area contributed by atoms with Gasteiger partial charge in [0.15, 0.2) is 5.78 Å². The van der Waals surface area contributed by atoms with Crippen LogP contribution in [0.25, 0.3) is 10.9 Å². The fourth-order valence-electron chi connectivity index (χ4n) is 2.60. The minimum Gasteiger partial charge on any atom is -0.488 e. The van der Waals surface area contributed by atoms with Crippen molar-refractivity contribution in [1.82, 2.24) is 10.3 Å². The highest BCUT2D eigenvalue weighted by Crippen LogP contribution is 2.28. The molecule has 26 heavy (non-hydrogen) atoms. The number of ketones is 1. The minimum atomic E-state index is -3.02. The summed E-state index contributed by atoms with van der Waals surface area (Å²) in [4.78, 5) is 26.1. The van der Waals surface area contributed by atoms with Gasteiger partial charge >= 0.3 is 0 Å². The highest BCUT2D eigenvalue weighted by atomic mass is 19.3. The van der Waals surface area contributed by atoms with Gasteiger partial charge in [-0.1, -0.05) is 0 Å². The maximum Gasteiger partial charge on any atom is 0.295 e. The van der Waals surface area contributed by atoms with Gasteiger partial charge < -0.3 is 15.0 Å². The minimum absolute atomic E-state index is 0.127. The third kappa shape index (κ3) is 4.74. The molecule has 0 aliphatic heterocycles. The van der Waals surface area contributed by atoms with E-state index in [9.17, 15) is 27.2 Å². The summed E-state index contributed by atoms with van der Waals surface area (Å²) < 4.78 is 54.2. The summed E-state index contributed by atoms with van der Waals surface area (Å²) in [5.74, 6) is -1.37. The number of aryl methyl sites for hydroxylation is 1. The van der Waals surface area contributed by atoms with E-state index in [1.54, 1.807) is 6.07 Å². The molecule has 9 heteroatoms. The number of Topliss-reactive ketones (excluding diaryl/α,β-unsaturated/α-hetero) is 1. The number of rotatable bonds is 9. The van der Waals surface area contributed by atoms with Crippen LogP contribution >= 0.6 is 0 Å². The number of nitrogens with one attached hydrogen (secondary N) is 2. The molecule has 2 N–H and O–H groups in total. The number of ether oxygens (including phenoxy) is 1. The molecule has 1 aromatic heterocycles. The van der Waals surface area contributed by atoms with Gasteiger partial charge in [-0.15, -0.1) is 0 Å². The summed E-state index contributed by atoms with van der Waals surface area (Å²) in [6.45, 7) is -0.767. The number of benzene rings is 1. The number of H-pyrrole nitrogens is 1. The molecule has 2 rings (SSSR count). The van der Waals surface area contributed by atoms with Gasteiger partial charge in [0.2, 0.25) is 0 Å². The Hall–Kier alpha value is -2.58. The van der Waals surface area contributed by atoms with Crippen molar-refractivity contribution in [3.8, 4) is 5.75 Å². The molecule has 0 saturated heterocycles. The Labute approximate surface area is 146 Å². The zero-order valence-electron chi connectivity index (χ0n) is 14.0. The normalized spacial score (nSPS) is 11.3. The standard InChI is InChI=1S/C17H18F4N2O3/c1-22-17(25)15-10(3-2-4-13(24)16(20)21)11-7-9(26-8-14(18)19)5-6-12(11)23-15/h5-7,14,16,23H,2-4,8H2,1H3,(H,22,25). The molecule has 142 valence electrons. The van der Waals surface area contributed by atoms with E-state index in [1.165, 1.54) is 19.2 Å². The second kappa shape index (κ2) is 8.68. The summed E-state index contributed by atoms with van der Waals surface area (Å²) in [5, 5.41) is 3.02. The van der Waals surface area contributed by atoms with Crippen LogP contribution in [0.3, 0.4) is 0 Å². The number of carbonyl (C=O) groups excluding carboxylic acids is 2. The van der Waals surface area contributed by atoms with Crippen LogP contribution in [0.1, 0.15) is 28.9 Å². The third-order valence-electron chi connectivity index (χ3n) is 3.80. The van der Waals surface area contributed by atoms with Crippen molar-refractivity contribution in [2.45, 2.75) is 32.1 Å². The Kier molecular flexibility index (Phi) is 6.59. The molecular formula is C17H18F4N2O3. The highest BCUT2D eigenvalue weighted by molar-refractivity contribution is 6.01. The predicted molar refractivity (Wildman–Crippen MR) is 87.1 cm³/mol. The molecule has 0 spiro atoms. The van der Waals surface area contributed by atoms with Crippen molar-refractivity contribution in [3.63, 3.8) is 0 Å². The maximum atomic E-state index is 12.3. The first-order valence-electron chi connectivity index (χ1n) is 7.92. The van der Waals surface area contributed by atoms with E-state index in [2.05, 4.69) is 10.3 Å².